The summed E-state index contributed by atoms with van der Waals surface area (Å²) < 4.78 is 4.89. The molecule has 1 rings (SSSR count). The molecule has 0 aromatic carbocycles. The van der Waals surface area contributed by atoms with Crippen molar-refractivity contribution in [3.8, 4) is 0 Å². The van der Waals surface area contributed by atoms with E-state index in [1.807, 2.05) is 0 Å². The van der Waals surface area contributed by atoms with E-state index in [-0.39, 0.29) is 0 Å². The predicted molar refractivity (Wildman–Crippen MR) is 38.2 cm³/mol. The maximum atomic E-state index is 9.14. The molecule has 1 saturated heterocycles. The summed E-state index contributed by atoms with van der Waals surface area (Å²) >= 11 is 5.48. The van der Waals surface area contributed by atoms with E-state index in [1.165, 1.54) is 0 Å². The SMILES string of the molecule is C[C@@H]1O[C@@H](Cl)[C@@H](O)[C@H](O)[C@@H]1O. The molecular formula is C6H11ClO4. The molecule has 0 unspecified atom stereocenters. The summed E-state index contributed by atoms with van der Waals surface area (Å²) in [5.74, 6) is 0. The van der Waals surface area contributed by atoms with Gasteiger partial charge in [0.25, 0.3) is 0 Å². The van der Waals surface area contributed by atoms with Gasteiger partial charge in [0, 0.05) is 0 Å². The Morgan fingerprint density at radius 2 is 1.64 bits per heavy atom. The van der Waals surface area contributed by atoms with Crippen LogP contribution in [0.25, 0.3) is 0 Å². The topological polar surface area (TPSA) is 69.9 Å². The molecule has 0 radical (unpaired) electrons. The second-order valence-corrected chi connectivity index (χ2v) is 3.09. The molecular weight excluding hydrogens is 172 g/mol. The Bertz CT molecular complexity index is 129. The summed E-state index contributed by atoms with van der Waals surface area (Å²) in [6, 6.07) is 0. The van der Waals surface area contributed by atoms with E-state index in [0.717, 1.165) is 0 Å². The molecule has 1 heterocycles. The number of aliphatic hydroxyl groups is 3. The van der Waals surface area contributed by atoms with Crippen LogP contribution in [-0.4, -0.2) is 45.3 Å². The molecule has 66 valence electrons. The fraction of sp³-hybridized carbons (Fsp3) is 1.00. The lowest BCUT2D eigenvalue weighted by atomic mass is 10.0. The van der Waals surface area contributed by atoms with E-state index < -0.39 is 30.0 Å². The number of aliphatic hydroxyl groups excluding tert-OH is 3. The average Bonchev–Trinajstić information content (AvgIpc) is 1.97. The molecule has 5 atom stereocenters. The Kier molecular flexibility index (Phi) is 2.72. The van der Waals surface area contributed by atoms with Crippen LogP contribution in [0.3, 0.4) is 0 Å². The quantitative estimate of drug-likeness (QED) is 0.423. The molecule has 1 fully saturated rings. The molecule has 0 saturated carbocycles. The first-order valence-corrected chi connectivity index (χ1v) is 3.81. The standard InChI is InChI=1S/C6H11ClO4/c1-2-3(8)4(9)5(10)6(7)11-2/h2-6,8-10H,1H3/t2-,3+,4+,5-,6+/m0/s1. The lowest BCUT2D eigenvalue weighted by Crippen LogP contribution is -2.54. The van der Waals surface area contributed by atoms with Crippen molar-refractivity contribution in [1.29, 1.82) is 0 Å². The van der Waals surface area contributed by atoms with Crippen LogP contribution in [0.15, 0.2) is 0 Å². The maximum absolute atomic E-state index is 9.14. The first-order chi connectivity index (χ1) is 5.04. The Hall–Kier alpha value is 0.130. The third-order valence-corrected chi connectivity index (χ3v) is 2.15. The highest BCUT2D eigenvalue weighted by atomic mass is 35.5. The minimum absolute atomic E-state index is 0.545. The van der Waals surface area contributed by atoms with Crippen molar-refractivity contribution < 1.29 is 20.1 Å². The lowest BCUT2D eigenvalue weighted by Gasteiger charge is -2.36. The molecule has 0 amide bonds. The van der Waals surface area contributed by atoms with Gasteiger partial charge in [-0.3, -0.25) is 0 Å². The summed E-state index contributed by atoms with van der Waals surface area (Å²) in [6.45, 7) is 1.58. The van der Waals surface area contributed by atoms with Crippen LogP contribution >= 0.6 is 11.6 Å². The van der Waals surface area contributed by atoms with Crippen LogP contribution in [0, 0.1) is 0 Å². The third-order valence-electron chi connectivity index (χ3n) is 1.79. The van der Waals surface area contributed by atoms with E-state index in [9.17, 15) is 0 Å². The average molecular weight is 183 g/mol. The van der Waals surface area contributed by atoms with Gasteiger partial charge in [-0.1, -0.05) is 11.6 Å². The minimum atomic E-state index is -1.22. The van der Waals surface area contributed by atoms with Crippen LogP contribution in [0.4, 0.5) is 0 Å². The van der Waals surface area contributed by atoms with Gasteiger partial charge < -0.3 is 20.1 Å². The van der Waals surface area contributed by atoms with E-state index >= 15 is 0 Å². The number of alkyl halides is 1. The Morgan fingerprint density at radius 3 is 2.18 bits per heavy atom. The van der Waals surface area contributed by atoms with Crippen molar-refractivity contribution in [2.75, 3.05) is 0 Å². The third kappa shape index (κ3) is 1.65. The number of rotatable bonds is 0. The smallest absolute Gasteiger partial charge is 0.160 e. The van der Waals surface area contributed by atoms with E-state index in [0.29, 0.717) is 0 Å². The molecule has 3 N–H and O–H groups in total. The number of hydrogen-bond donors (Lipinski definition) is 3. The zero-order valence-electron chi connectivity index (χ0n) is 6.01. The highest BCUT2D eigenvalue weighted by Crippen LogP contribution is 2.22. The van der Waals surface area contributed by atoms with Gasteiger partial charge in [-0.25, -0.2) is 0 Å². The second-order valence-electron chi connectivity index (χ2n) is 2.66. The molecule has 4 nitrogen and oxygen atoms in total. The summed E-state index contributed by atoms with van der Waals surface area (Å²) in [7, 11) is 0. The molecule has 1 aliphatic heterocycles. The normalized spacial score (nSPS) is 52.6. The fourth-order valence-corrected chi connectivity index (χ4v) is 1.31. The number of ether oxygens (including phenoxy) is 1. The number of halogens is 1. The van der Waals surface area contributed by atoms with Crippen molar-refractivity contribution >= 4 is 11.6 Å². The zero-order valence-corrected chi connectivity index (χ0v) is 6.77. The largest absolute Gasteiger partial charge is 0.388 e. The van der Waals surface area contributed by atoms with Gasteiger partial charge >= 0.3 is 0 Å². The minimum Gasteiger partial charge on any atom is -0.388 e. The van der Waals surface area contributed by atoms with E-state index in [4.69, 9.17) is 31.7 Å². The Balaban J connectivity index is 2.63. The molecule has 0 aliphatic carbocycles. The summed E-state index contributed by atoms with van der Waals surface area (Å²) in [5.41, 5.74) is -0.941. The first-order valence-electron chi connectivity index (χ1n) is 3.37. The lowest BCUT2D eigenvalue weighted by molar-refractivity contribution is -0.194. The van der Waals surface area contributed by atoms with Gasteiger partial charge in [0.1, 0.15) is 18.3 Å². The molecule has 0 bridgehead atoms. The van der Waals surface area contributed by atoms with Crippen LogP contribution < -0.4 is 0 Å². The molecule has 5 heteroatoms. The van der Waals surface area contributed by atoms with Gasteiger partial charge in [0.05, 0.1) is 6.10 Å². The molecule has 11 heavy (non-hydrogen) atoms. The Morgan fingerprint density at radius 1 is 1.09 bits per heavy atom. The fourth-order valence-electron chi connectivity index (χ4n) is 1.00. The predicted octanol–water partition coefficient (Wildman–Crippen LogP) is -0.947. The van der Waals surface area contributed by atoms with Crippen molar-refractivity contribution in [2.24, 2.45) is 0 Å². The van der Waals surface area contributed by atoms with Crippen LogP contribution in [0.1, 0.15) is 6.92 Å². The van der Waals surface area contributed by atoms with E-state index in [1.54, 1.807) is 6.92 Å². The van der Waals surface area contributed by atoms with Crippen molar-refractivity contribution in [3.63, 3.8) is 0 Å². The zero-order chi connectivity index (χ0) is 8.59. The molecule has 0 spiro atoms. The summed E-state index contributed by atoms with van der Waals surface area (Å²) in [6.07, 6.45) is -4.06. The van der Waals surface area contributed by atoms with Crippen LogP contribution in [-0.2, 0) is 4.74 Å². The van der Waals surface area contributed by atoms with Crippen molar-refractivity contribution in [2.45, 2.75) is 36.9 Å². The summed E-state index contributed by atoms with van der Waals surface area (Å²) in [4.78, 5) is 0. The molecule has 0 aromatic rings. The van der Waals surface area contributed by atoms with Gasteiger partial charge in [-0.15, -0.1) is 0 Å². The summed E-state index contributed by atoms with van der Waals surface area (Å²) in [5, 5.41) is 27.3. The highest BCUT2D eigenvalue weighted by molar-refractivity contribution is 6.20. The highest BCUT2D eigenvalue weighted by Gasteiger charge is 2.40. The molecule has 0 aromatic heterocycles. The van der Waals surface area contributed by atoms with Gasteiger partial charge in [-0.05, 0) is 6.92 Å². The van der Waals surface area contributed by atoms with Crippen LogP contribution in [0.5, 0.6) is 0 Å². The second kappa shape index (κ2) is 3.25. The number of hydrogen-bond acceptors (Lipinski definition) is 4. The van der Waals surface area contributed by atoms with Crippen molar-refractivity contribution in [1.82, 2.24) is 0 Å². The van der Waals surface area contributed by atoms with Gasteiger partial charge in [-0.2, -0.15) is 0 Å². The monoisotopic (exact) mass is 182 g/mol. The first kappa shape index (κ1) is 9.22. The molecule has 1 aliphatic rings. The van der Waals surface area contributed by atoms with Crippen molar-refractivity contribution in [3.05, 3.63) is 0 Å². The van der Waals surface area contributed by atoms with Gasteiger partial charge in [0.15, 0.2) is 5.56 Å². The maximum Gasteiger partial charge on any atom is 0.160 e. The van der Waals surface area contributed by atoms with E-state index in [2.05, 4.69) is 0 Å². The Labute approximate surface area is 69.4 Å². The van der Waals surface area contributed by atoms with Crippen LogP contribution in [0.2, 0.25) is 0 Å². The van der Waals surface area contributed by atoms with Gasteiger partial charge in [0.2, 0.25) is 0 Å².